The van der Waals surface area contributed by atoms with Crippen molar-refractivity contribution in [3.8, 4) is 11.5 Å². The minimum Gasteiger partial charge on any atom is -0.464 e. The molecule has 130 valence electrons. The summed E-state index contributed by atoms with van der Waals surface area (Å²) in [7, 11) is 0. The Bertz CT molecular complexity index is 769. The highest BCUT2D eigenvalue weighted by Gasteiger charge is 2.16. The third-order valence-electron chi connectivity index (χ3n) is 3.96. The third kappa shape index (κ3) is 3.66. The number of rotatable bonds is 3. The lowest BCUT2D eigenvalue weighted by Gasteiger charge is -2.04. The van der Waals surface area contributed by atoms with Crippen molar-refractivity contribution in [2.24, 2.45) is 0 Å². The molecule has 1 aliphatic rings. The Morgan fingerprint density at radius 3 is 2.96 bits per heavy atom. The van der Waals surface area contributed by atoms with Gasteiger partial charge >= 0.3 is 0 Å². The number of nitrogens with zero attached hydrogens (tertiary/aromatic N) is 4. The Hall–Kier alpha value is -1.76. The summed E-state index contributed by atoms with van der Waals surface area (Å²) in [4.78, 5) is 4.48. The molecule has 0 atom stereocenters. The molecule has 24 heavy (non-hydrogen) atoms. The van der Waals surface area contributed by atoms with Crippen LogP contribution in [-0.4, -0.2) is 25.9 Å². The molecule has 3 aromatic heterocycles. The van der Waals surface area contributed by atoms with E-state index < -0.39 is 0 Å². The smallest absolute Gasteiger partial charge is 0.160 e. The summed E-state index contributed by atoms with van der Waals surface area (Å²) in [6, 6.07) is 6.12. The van der Waals surface area contributed by atoms with Crippen molar-refractivity contribution in [3.63, 3.8) is 0 Å². The zero-order chi connectivity index (χ0) is 14.9. The largest absolute Gasteiger partial charge is 0.464 e. The molecule has 0 aromatic carbocycles. The first-order valence-electron chi connectivity index (χ1n) is 7.64. The van der Waals surface area contributed by atoms with Gasteiger partial charge in [-0.15, -0.1) is 24.8 Å². The van der Waals surface area contributed by atoms with E-state index in [0.29, 0.717) is 6.54 Å². The molecule has 0 saturated carbocycles. The van der Waals surface area contributed by atoms with Gasteiger partial charge in [0.15, 0.2) is 5.82 Å². The van der Waals surface area contributed by atoms with Gasteiger partial charge in [-0.25, -0.2) is 4.98 Å². The second-order valence-electron chi connectivity index (χ2n) is 5.67. The quantitative estimate of drug-likeness (QED) is 0.770. The Morgan fingerprint density at radius 2 is 2.17 bits per heavy atom. The van der Waals surface area contributed by atoms with Crippen LogP contribution in [0.4, 0.5) is 0 Å². The van der Waals surface area contributed by atoms with Crippen LogP contribution in [0, 0.1) is 6.92 Å². The maximum Gasteiger partial charge on any atom is 0.160 e. The Morgan fingerprint density at radius 1 is 1.29 bits per heavy atom. The van der Waals surface area contributed by atoms with Crippen molar-refractivity contribution < 1.29 is 4.42 Å². The molecule has 0 bridgehead atoms. The third-order valence-corrected chi connectivity index (χ3v) is 3.96. The average Bonchev–Trinajstić information content (AvgIpc) is 3.18. The van der Waals surface area contributed by atoms with Gasteiger partial charge in [-0.3, -0.25) is 4.68 Å². The predicted molar refractivity (Wildman–Crippen MR) is 96.8 cm³/mol. The van der Waals surface area contributed by atoms with Crippen LogP contribution in [0.5, 0.6) is 0 Å². The van der Waals surface area contributed by atoms with E-state index in [1.807, 2.05) is 31.5 Å². The monoisotopic (exact) mass is 369 g/mol. The number of hydrogen-bond acceptors (Lipinski definition) is 4. The van der Waals surface area contributed by atoms with E-state index in [9.17, 15) is 0 Å². The van der Waals surface area contributed by atoms with Crippen LogP contribution in [0.25, 0.3) is 11.5 Å². The Balaban J connectivity index is 0.00000104. The maximum absolute atomic E-state index is 5.66. The van der Waals surface area contributed by atoms with Gasteiger partial charge in [0.2, 0.25) is 0 Å². The Labute approximate surface area is 153 Å². The molecule has 0 spiro atoms. The van der Waals surface area contributed by atoms with Crippen molar-refractivity contribution in [1.29, 1.82) is 0 Å². The van der Waals surface area contributed by atoms with E-state index in [-0.39, 0.29) is 24.8 Å². The number of aryl methyl sites for hydroxylation is 2. The molecule has 0 aliphatic carbocycles. The van der Waals surface area contributed by atoms with E-state index in [2.05, 4.69) is 25.6 Å². The zero-order valence-electron chi connectivity index (χ0n) is 13.4. The lowest BCUT2D eigenvalue weighted by atomic mass is 10.3. The number of imidazole rings is 1. The fourth-order valence-electron chi connectivity index (χ4n) is 2.88. The van der Waals surface area contributed by atoms with Crippen LogP contribution in [0.3, 0.4) is 0 Å². The number of hydrogen-bond donors (Lipinski definition) is 1. The topological polar surface area (TPSA) is 60.8 Å². The van der Waals surface area contributed by atoms with E-state index in [4.69, 9.17) is 9.52 Å². The summed E-state index contributed by atoms with van der Waals surface area (Å²) in [5.74, 6) is 2.74. The van der Waals surface area contributed by atoms with Gasteiger partial charge in [0, 0.05) is 25.5 Å². The van der Waals surface area contributed by atoms with Crippen LogP contribution in [0.2, 0.25) is 0 Å². The van der Waals surface area contributed by atoms with Crippen LogP contribution in [-0.2, 0) is 19.6 Å². The summed E-state index contributed by atoms with van der Waals surface area (Å²) in [6.45, 7) is 5.50. The zero-order valence-corrected chi connectivity index (χ0v) is 15.1. The van der Waals surface area contributed by atoms with Gasteiger partial charge < -0.3 is 14.3 Å². The van der Waals surface area contributed by atoms with Gasteiger partial charge in [-0.05, 0) is 38.1 Å². The summed E-state index contributed by atoms with van der Waals surface area (Å²) >= 11 is 0. The second-order valence-corrected chi connectivity index (χ2v) is 5.67. The highest BCUT2D eigenvalue weighted by atomic mass is 35.5. The van der Waals surface area contributed by atoms with Crippen LogP contribution < -0.4 is 5.32 Å². The minimum atomic E-state index is 0. The molecule has 4 rings (SSSR count). The molecule has 1 aliphatic heterocycles. The number of furan rings is 1. The maximum atomic E-state index is 5.66. The van der Waals surface area contributed by atoms with E-state index in [0.717, 1.165) is 49.1 Å². The molecule has 4 heterocycles. The molecule has 8 heteroatoms. The number of nitrogens with one attached hydrogen (secondary N) is 1. The summed E-state index contributed by atoms with van der Waals surface area (Å²) in [5, 5.41) is 8.14. The molecule has 0 unspecified atom stereocenters. The van der Waals surface area contributed by atoms with Gasteiger partial charge in [0.1, 0.15) is 17.2 Å². The van der Waals surface area contributed by atoms with Crippen molar-refractivity contribution in [2.75, 3.05) is 6.54 Å². The standard InChI is InChI=1S/C16H19N5O.2ClH/c1-12-3-4-14(22-12)11-20-8-6-18-16(20)15-9-13-10-17-5-2-7-21(13)19-15;;/h3-4,6,8-9,17H,2,5,7,10-11H2,1H3;2*1H. The van der Waals surface area contributed by atoms with Crippen molar-refractivity contribution in [3.05, 3.63) is 47.8 Å². The first kappa shape index (κ1) is 18.6. The number of fused-ring (bicyclic) bond motifs is 1. The summed E-state index contributed by atoms with van der Waals surface area (Å²) < 4.78 is 9.83. The molecule has 0 saturated heterocycles. The lowest BCUT2D eigenvalue weighted by molar-refractivity contribution is 0.470. The van der Waals surface area contributed by atoms with Crippen molar-refractivity contribution >= 4 is 24.8 Å². The van der Waals surface area contributed by atoms with Gasteiger partial charge in [-0.1, -0.05) is 0 Å². The highest BCUT2D eigenvalue weighted by Crippen LogP contribution is 2.20. The fraction of sp³-hybridized carbons (Fsp3) is 0.375. The van der Waals surface area contributed by atoms with Crippen LogP contribution >= 0.6 is 24.8 Å². The highest BCUT2D eigenvalue weighted by molar-refractivity contribution is 5.85. The number of aromatic nitrogens is 4. The summed E-state index contributed by atoms with van der Waals surface area (Å²) in [6.07, 6.45) is 4.89. The van der Waals surface area contributed by atoms with Crippen molar-refractivity contribution in [2.45, 2.75) is 33.0 Å². The molecule has 0 amide bonds. The predicted octanol–water partition coefficient (Wildman–Crippen LogP) is 3.03. The molecular weight excluding hydrogens is 349 g/mol. The molecular formula is C16H21Cl2N5O. The molecule has 0 radical (unpaired) electrons. The van der Waals surface area contributed by atoms with E-state index >= 15 is 0 Å². The van der Waals surface area contributed by atoms with Gasteiger partial charge in [0.25, 0.3) is 0 Å². The average molecular weight is 370 g/mol. The lowest BCUT2D eigenvalue weighted by Crippen LogP contribution is -2.11. The first-order chi connectivity index (χ1) is 10.8. The van der Waals surface area contributed by atoms with Crippen molar-refractivity contribution in [1.82, 2.24) is 24.6 Å². The SMILES string of the molecule is Cc1ccc(Cn2ccnc2-c2cc3n(n2)CCCNC3)o1.Cl.Cl. The normalized spacial score (nSPS) is 13.5. The second kappa shape index (κ2) is 7.88. The first-order valence-corrected chi connectivity index (χ1v) is 7.64. The summed E-state index contributed by atoms with van der Waals surface area (Å²) in [5.41, 5.74) is 2.14. The minimum absolute atomic E-state index is 0. The van der Waals surface area contributed by atoms with Gasteiger partial charge in [-0.2, -0.15) is 5.10 Å². The van der Waals surface area contributed by atoms with Crippen LogP contribution in [0.1, 0.15) is 23.6 Å². The van der Waals surface area contributed by atoms with E-state index in [1.165, 1.54) is 5.69 Å². The molecule has 3 aromatic rings. The fourth-order valence-corrected chi connectivity index (χ4v) is 2.88. The van der Waals surface area contributed by atoms with E-state index in [1.54, 1.807) is 0 Å². The molecule has 1 N–H and O–H groups in total. The van der Waals surface area contributed by atoms with Crippen LogP contribution in [0.15, 0.2) is 35.0 Å². The number of halogens is 2. The Kier molecular flexibility index (Phi) is 6.10. The molecule has 6 nitrogen and oxygen atoms in total. The molecule has 0 fully saturated rings. The van der Waals surface area contributed by atoms with Gasteiger partial charge in [0.05, 0.1) is 12.2 Å².